The van der Waals surface area contributed by atoms with E-state index in [0.29, 0.717) is 47.5 Å². The standard InChI is InChI=1S/C28H23F3N4O4.C6H14N4O2/c1-34-26-20-13-19(30)6-8-24(20)39-15-21(26)25(33-34)27(36)35(14-16-3-2-4-18(29)11-16)10-9-32-23-12-17(28(37)38)5-7-22(23)31;7-4(5(11)12)2-1-3-10-6(8)9/h2-8,11-13,32H,9-10,14-15H2,1H3,(H,37,38);4H,1-3,7H2,(H,11,12)(H4,8,9,10)/t;4-/m.0/s1. The Hall–Kier alpha value is -6.10. The Morgan fingerprint density at radius 3 is 2.49 bits per heavy atom. The fourth-order valence-corrected chi connectivity index (χ4v) is 5.20. The molecule has 1 amide bonds. The quantitative estimate of drug-likeness (QED) is 0.0671. The molecule has 0 saturated heterocycles. The molecule has 1 atom stereocenters. The van der Waals surface area contributed by atoms with E-state index >= 15 is 0 Å². The number of aryl methyl sites for hydroxylation is 1. The lowest BCUT2D eigenvalue weighted by atomic mass is 10.0. The molecule has 4 aromatic rings. The molecule has 51 heavy (non-hydrogen) atoms. The van der Waals surface area contributed by atoms with E-state index in [0.717, 1.165) is 12.1 Å². The number of halogens is 3. The lowest BCUT2D eigenvalue weighted by Gasteiger charge is -2.24. The number of guanidine groups is 1. The summed E-state index contributed by atoms with van der Waals surface area (Å²) in [5.74, 6) is -3.78. The Labute approximate surface area is 290 Å². The van der Waals surface area contributed by atoms with Gasteiger partial charge in [0.1, 0.15) is 35.8 Å². The van der Waals surface area contributed by atoms with Gasteiger partial charge in [0, 0.05) is 44.4 Å². The van der Waals surface area contributed by atoms with Crippen molar-refractivity contribution in [1.82, 2.24) is 14.7 Å². The predicted octanol–water partition coefficient (Wildman–Crippen LogP) is 3.30. The van der Waals surface area contributed by atoms with Gasteiger partial charge in [0.2, 0.25) is 0 Å². The summed E-state index contributed by atoms with van der Waals surface area (Å²) in [4.78, 5) is 40.4. The SMILES string of the molecule is Cn1nc(C(=O)N(CCNc2cc(C(=O)O)ccc2F)Cc2cccc(F)c2)c2c1-c1cc(F)ccc1OC2.NC(N)=NCCC[C@H](N)C(=O)O. The van der Waals surface area contributed by atoms with Crippen molar-refractivity contribution in [3.8, 4) is 17.0 Å². The number of nitrogens with zero attached hydrogens (tertiary/aromatic N) is 4. The summed E-state index contributed by atoms with van der Waals surface area (Å²) in [6.45, 7) is 0.586. The van der Waals surface area contributed by atoms with E-state index in [9.17, 15) is 32.7 Å². The number of benzene rings is 3. The number of ether oxygens (including phenoxy) is 1. The number of carbonyl (C=O) groups excluding carboxylic acids is 1. The maximum absolute atomic E-state index is 14.3. The van der Waals surface area contributed by atoms with E-state index in [1.807, 2.05) is 0 Å². The smallest absolute Gasteiger partial charge is 0.335 e. The molecule has 1 aliphatic heterocycles. The number of nitrogens with one attached hydrogen (secondary N) is 1. The van der Waals surface area contributed by atoms with Gasteiger partial charge in [-0.25, -0.2) is 18.0 Å². The molecule has 14 nitrogen and oxygen atoms in total. The van der Waals surface area contributed by atoms with E-state index in [4.69, 9.17) is 27.0 Å². The number of hydrogen-bond donors (Lipinski definition) is 6. The zero-order chi connectivity index (χ0) is 37.2. The number of aromatic carboxylic acids is 1. The van der Waals surface area contributed by atoms with Gasteiger partial charge < -0.3 is 42.4 Å². The maximum atomic E-state index is 14.3. The third-order valence-electron chi connectivity index (χ3n) is 7.66. The number of nitrogens with two attached hydrogens (primary N) is 3. The predicted molar refractivity (Wildman–Crippen MR) is 181 cm³/mol. The van der Waals surface area contributed by atoms with Gasteiger partial charge in [0.05, 0.1) is 16.9 Å². The van der Waals surface area contributed by atoms with Gasteiger partial charge in [-0.2, -0.15) is 5.10 Å². The fraction of sp³-hybridized carbons (Fsp3) is 0.265. The molecule has 1 aliphatic rings. The van der Waals surface area contributed by atoms with Crippen LogP contribution in [0.25, 0.3) is 11.3 Å². The van der Waals surface area contributed by atoms with Gasteiger partial charge in [-0.1, -0.05) is 12.1 Å². The van der Waals surface area contributed by atoms with E-state index in [-0.39, 0.29) is 49.1 Å². The molecule has 3 aromatic carbocycles. The molecule has 0 spiro atoms. The largest absolute Gasteiger partial charge is 0.488 e. The summed E-state index contributed by atoms with van der Waals surface area (Å²) in [7, 11) is 1.65. The molecule has 0 saturated carbocycles. The monoisotopic (exact) mass is 710 g/mol. The van der Waals surface area contributed by atoms with Crippen LogP contribution in [0.4, 0.5) is 18.9 Å². The summed E-state index contributed by atoms with van der Waals surface area (Å²) >= 11 is 0. The van der Waals surface area contributed by atoms with E-state index in [1.165, 1.54) is 52.0 Å². The second-order valence-corrected chi connectivity index (χ2v) is 11.4. The fourth-order valence-electron chi connectivity index (χ4n) is 5.20. The highest BCUT2D eigenvalue weighted by Gasteiger charge is 2.31. The number of aliphatic imine (C=N–C) groups is 1. The van der Waals surface area contributed by atoms with Gasteiger partial charge in [0.25, 0.3) is 5.91 Å². The number of rotatable bonds is 13. The van der Waals surface area contributed by atoms with Gasteiger partial charge in [-0.05, 0) is 66.9 Å². The molecule has 0 unspecified atom stereocenters. The van der Waals surface area contributed by atoms with Crippen molar-refractivity contribution < 1.29 is 42.5 Å². The number of anilines is 1. The van der Waals surface area contributed by atoms with Crippen molar-refractivity contribution in [3.63, 3.8) is 0 Å². The van der Waals surface area contributed by atoms with Crippen molar-refractivity contribution in [2.75, 3.05) is 25.0 Å². The van der Waals surface area contributed by atoms with Crippen molar-refractivity contribution in [2.45, 2.75) is 32.0 Å². The Kier molecular flexibility index (Phi) is 12.6. The number of fused-ring (bicyclic) bond motifs is 3. The summed E-state index contributed by atoms with van der Waals surface area (Å²) in [5.41, 5.74) is 17.3. The molecule has 0 radical (unpaired) electrons. The minimum absolute atomic E-state index is 0.0129. The van der Waals surface area contributed by atoms with E-state index in [1.54, 1.807) is 13.1 Å². The zero-order valence-electron chi connectivity index (χ0n) is 27.5. The second kappa shape index (κ2) is 17.0. The first-order valence-electron chi connectivity index (χ1n) is 15.6. The molecule has 0 bridgehead atoms. The summed E-state index contributed by atoms with van der Waals surface area (Å²) in [6, 6.07) is 12.5. The number of carbonyl (C=O) groups is 3. The Balaban J connectivity index is 0.000000417. The molecular formula is C34H37F3N8O6. The van der Waals surface area contributed by atoms with Crippen molar-refractivity contribution in [3.05, 3.63) is 100 Å². The highest BCUT2D eigenvalue weighted by molar-refractivity contribution is 5.96. The van der Waals surface area contributed by atoms with Crippen LogP contribution in [0, 0.1) is 17.5 Å². The average Bonchev–Trinajstić information content (AvgIpc) is 3.43. The van der Waals surface area contributed by atoms with E-state index < -0.39 is 41.3 Å². The van der Waals surface area contributed by atoms with Crippen LogP contribution in [0.3, 0.4) is 0 Å². The van der Waals surface area contributed by atoms with Crippen LogP contribution in [-0.4, -0.2) is 74.4 Å². The van der Waals surface area contributed by atoms with Crippen molar-refractivity contribution in [1.29, 1.82) is 0 Å². The minimum Gasteiger partial charge on any atom is -0.488 e. The van der Waals surface area contributed by atoms with Gasteiger partial charge in [-0.15, -0.1) is 0 Å². The van der Waals surface area contributed by atoms with Gasteiger partial charge in [-0.3, -0.25) is 19.3 Å². The van der Waals surface area contributed by atoms with Crippen LogP contribution in [0.2, 0.25) is 0 Å². The van der Waals surface area contributed by atoms with Crippen LogP contribution < -0.4 is 27.3 Å². The zero-order valence-corrected chi connectivity index (χ0v) is 27.5. The van der Waals surface area contributed by atoms with Gasteiger partial charge >= 0.3 is 11.9 Å². The molecule has 270 valence electrons. The molecular weight excluding hydrogens is 673 g/mol. The highest BCUT2D eigenvalue weighted by atomic mass is 19.1. The summed E-state index contributed by atoms with van der Waals surface area (Å²) in [6.07, 6.45) is 0.956. The van der Waals surface area contributed by atoms with E-state index in [2.05, 4.69) is 15.4 Å². The Morgan fingerprint density at radius 2 is 1.80 bits per heavy atom. The minimum atomic E-state index is -1.20. The Bertz CT molecular complexity index is 1930. The van der Waals surface area contributed by atoms with Crippen LogP contribution in [-0.2, 0) is 25.0 Å². The lowest BCUT2D eigenvalue weighted by molar-refractivity contribution is -0.138. The Morgan fingerprint density at radius 1 is 1.06 bits per heavy atom. The molecule has 1 aromatic heterocycles. The number of aromatic nitrogens is 2. The van der Waals surface area contributed by atoms with Crippen LogP contribution in [0.15, 0.2) is 65.7 Å². The first kappa shape index (κ1) is 37.7. The summed E-state index contributed by atoms with van der Waals surface area (Å²) < 4.78 is 49.4. The third kappa shape index (κ3) is 9.98. The van der Waals surface area contributed by atoms with Crippen molar-refractivity contribution in [2.24, 2.45) is 29.2 Å². The number of amides is 1. The highest BCUT2D eigenvalue weighted by Crippen LogP contribution is 2.39. The number of hydrogen-bond acceptors (Lipinski definition) is 8. The summed E-state index contributed by atoms with van der Waals surface area (Å²) in [5, 5.41) is 24.8. The first-order valence-corrected chi connectivity index (χ1v) is 15.6. The molecule has 5 rings (SSSR count). The lowest BCUT2D eigenvalue weighted by Crippen LogP contribution is -2.35. The van der Waals surface area contributed by atoms with Crippen LogP contribution in [0.5, 0.6) is 5.75 Å². The molecule has 0 aliphatic carbocycles. The van der Waals surface area contributed by atoms with Gasteiger partial charge in [0.15, 0.2) is 11.7 Å². The number of carboxylic acid groups (broad SMARTS) is 2. The molecule has 2 heterocycles. The van der Waals surface area contributed by atoms with Crippen LogP contribution in [0.1, 0.15) is 44.8 Å². The topological polar surface area (TPSA) is 224 Å². The molecule has 9 N–H and O–H groups in total. The number of aliphatic carboxylic acids is 1. The van der Waals surface area contributed by atoms with Crippen LogP contribution >= 0.6 is 0 Å². The first-order chi connectivity index (χ1) is 24.2. The second-order valence-electron chi connectivity index (χ2n) is 11.4. The average molecular weight is 711 g/mol. The third-order valence-corrected chi connectivity index (χ3v) is 7.66. The number of carboxylic acids is 2. The molecule has 0 fully saturated rings. The molecule has 17 heteroatoms. The normalized spacial score (nSPS) is 11.9. The van der Waals surface area contributed by atoms with Crippen molar-refractivity contribution >= 4 is 29.5 Å². The maximum Gasteiger partial charge on any atom is 0.335 e.